The number of rotatable bonds is 5. The highest BCUT2D eigenvalue weighted by Gasteiger charge is 2.18. The molecule has 1 aliphatic rings. The molecule has 1 amide bonds. The first-order chi connectivity index (χ1) is 9.20. The minimum absolute atomic E-state index is 0.163. The van der Waals surface area contributed by atoms with Gasteiger partial charge in [-0.3, -0.25) is 9.69 Å². The van der Waals surface area contributed by atoms with Gasteiger partial charge in [0.15, 0.2) is 5.76 Å². The highest BCUT2D eigenvalue weighted by molar-refractivity contribution is 5.91. The van der Waals surface area contributed by atoms with Gasteiger partial charge in [-0.1, -0.05) is 6.42 Å². The number of nitrogens with two attached hydrogens (primary N) is 1. The molecule has 0 spiro atoms. The predicted octanol–water partition coefficient (Wildman–Crippen LogP) is 1.34. The Kier molecular flexibility index (Phi) is 4.99. The Labute approximate surface area is 114 Å². The lowest BCUT2D eigenvalue weighted by atomic mass is 10.1. The van der Waals surface area contributed by atoms with E-state index in [1.165, 1.54) is 19.3 Å². The van der Waals surface area contributed by atoms with Crippen molar-refractivity contribution in [3.63, 3.8) is 0 Å². The van der Waals surface area contributed by atoms with Crippen molar-refractivity contribution in [2.75, 3.05) is 19.6 Å². The number of nitrogens with zero attached hydrogens (tertiary/aromatic N) is 1. The third-order valence-electron chi connectivity index (χ3n) is 3.66. The summed E-state index contributed by atoms with van der Waals surface area (Å²) in [6, 6.07) is 3.78. The molecule has 3 N–H and O–H groups in total. The molecule has 0 aromatic carbocycles. The number of hydrogen-bond donors (Lipinski definition) is 2. The molecule has 1 aromatic heterocycles. The summed E-state index contributed by atoms with van der Waals surface area (Å²) in [5.41, 5.74) is 5.45. The third-order valence-corrected chi connectivity index (χ3v) is 3.66. The van der Waals surface area contributed by atoms with E-state index in [9.17, 15) is 4.79 Å². The lowest BCUT2D eigenvalue weighted by Gasteiger charge is -2.32. The van der Waals surface area contributed by atoms with E-state index in [0.29, 0.717) is 30.7 Å². The van der Waals surface area contributed by atoms with Gasteiger partial charge in [-0.25, -0.2) is 0 Å². The van der Waals surface area contributed by atoms with Crippen molar-refractivity contribution in [1.29, 1.82) is 0 Å². The van der Waals surface area contributed by atoms with Gasteiger partial charge in [0.1, 0.15) is 5.76 Å². The van der Waals surface area contributed by atoms with E-state index < -0.39 is 0 Å². The fourth-order valence-corrected chi connectivity index (χ4v) is 2.43. The number of carbonyl (C=O) groups excluding carboxylic acids is 1. The normalized spacial score (nSPS) is 18.2. The molecule has 1 atom stereocenters. The quantitative estimate of drug-likeness (QED) is 0.843. The van der Waals surface area contributed by atoms with E-state index in [4.69, 9.17) is 10.2 Å². The summed E-state index contributed by atoms with van der Waals surface area (Å²) >= 11 is 0. The summed E-state index contributed by atoms with van der Waals surface area (Å²) in [7, 11) is 0. The van der Waals surface area contributed by atoms with Crippen LogP contribution in [0.2, 0.25) is 0 Å². The van der Waals surface area contributed by atoms with Crippen LogP contribution in [0.3, 0.4) is 0 Å². The van der Waals surface area contributed by atoms with Crippen LogP contribution in [0.25, 0.3) is 0 Å². The van der Waals surface area contributed by atoms with Crippen LogP contribution in [-0.4, -0.2) is 36.5 Å². The van der Waals surface area contributed by atoms with Crippen LogP contribution in [0.4, 0.5) is 0 Å². The fraction of sp³-hybridized carbons (Fsp3) is 0.643. The van der Waals surface area contributed by atoms with E-state index in [1.54, 1.807) is 12.1 Å². The largest absolute Gasteiger partial charge is 0.455 e. The van der Waals surface area contributed by atoms with Crippen molar-refractivity contribution < 1.29 is 9.21 Å². The lowest BCUT2D eigenvalue weighted by molar-refractivity contribution is 0.0901. The maximum Gasteiger partial charge on any atom is 0.287 e. The average molecular weight is 265 g/mol. The zero-order valence-corrected chi connectivity index (χ0v) is 11.5. The fourth-order valence-electron chi connectivity index (χ4n) is 2.43. The molecule has 1 unspecified atom stereocenters. The number of likely N-dealkylation sites (tertiary alicyclic amines) is 1. The van der Waals surface area contributed by atoms with Gasteiger partial charge >= 0.3 is 0 Å². The molecule has 106 valence electrons. The van der Waals surface area contributed by atoms with Crippen LogP contribution in [-0.2, 0) is 6.54 Å². The van der Waals surface area contributed by atoms with Crippen LogP contribution in [0, 0.1) is 0 Å². The monoisotopic (exact) mass is 265 g/mol. The number of nitrogens with one attached hydrogen (secondary N) is 1. The van der Waals surface area contributed by atoms with E-state index in [2.05, 4.69) is 17.1 Å². The van der Waals surface area contributed by atoms with Gasteiger partial charge in [-0.15, -0.1) is 0 Å². The lowest BCUT2D eigenvalue weighted by Crippen LogP contribution is -2.44. The molecular formula is C14H23N3O2. The van der Waals surface area contributed by atoms with E-state index in [1.807, 2.05) is 0 Å². The smallest absolute Gasteiger partial charge is 0.287 e. The molecule has 2 rings (SSSR count). The highest BCUT2D eigenvalue weighted by atomic mass is 16.4. The van der Waals surface area contributed by atoms with Crippen LogP contribution in [0.15, 0.2) is 16.5 Å². The summed E-state index contributed by atoms with van der Waals surface area (Å²) in [4.78, 5) is 14.3. The van der Waals surface area contributed by atoms with Gasteiger partial charge in [-0.05, 0) is 45.0 Å². The average Bonchev–Trinajstić information content (AvgIpc) is 2.94. The number of furan rings is 1. The molecule has 5 nitrogen and oxygen atoms in total. The zero-order chi connectivity index (χ0) is 13.7. The highest BCUT2D eigenvalue weighted by Crippen LogP contribution is 2.12. The van der Waals surface area contributed by atoms with Crippen molar-refractivity contribution in [3.8, 4) is 0 Å². The zero-order valence-electron chi connectivity index (χ0n) is 11.5. The van der Waals surface area contributed by atoms with Crippen molar-refractivity contribution in [1.82, 2.24) is 10.2 Å². The van der Waals surface area contributed by atoms with Crippen molar-refractivity contribution in [3.05, 3.63) is 23.7 Å². The second kappa shape index (κ2) is 6.73. The third kappa shape index (κ3) is 3.81. The number of amides is 1. The van der Waals surface area contributed by atoms with E-state index in [0.717, 1.165) is 13.1 Å². The standard InChI is InChI=1S/C14H23N3O2/c1-11(17-7-3-2-4-8-17)10-16-14(18)13-6-5-12(9-15)19-13/h5-6,11H,2-4,7-10,15H2,1H3,(H,16,18). The van der Waals surface area contributed by atoms with Crippen LogP contribution >= 0.6 is 0 Å². The van der Waals surface area contributed by atoms with Gasteiger partial charge in [0.25, 0.3) is 5.91 Å². The predicted molar refractivity (Wildman–Crippen MR) is 73.8 cm³/mol. The summed E-state index contributed by atoms with van der Waals surface area (Å²) in [5.74, 6) is 0.809. The summed E-state index contributed by atoms with van der Waals surface area (Å²) in [6.07, 6.45) is 3.84. The van der Waals surface area contributed by atoms with Gasteiger partial charge < -0.3 is 15.5 Å². The first-order valence-electron chi connectivity index (χ1n) is 7.01. The van der Waals surface area contributed by atoms with Gasteiger partial charge in [0, 0.05) is 12.6 Å². The Hall–Kier alpha value is -1.33. The number of hydrogen-bond acceptors (Lipinski definition) is 4. The summed E-state index contributed by atoms with van der Waals surface area (Å²) < 4.78 is 5.32. The Balaban J connectivity index is 1.79. The van der Waals surface area contributed by atoms with Crippen LogP contribution in [0.1, 0.15) is 42.5 Å². The second-order valence-corrected chi connectivity index (χ2v) is 5.13. The molecule has 1 aliphatic heterocycles. The Morgan fingerprint density at radius 1 is 1.42 bits per heavy atom. The number of carbonyl (C=O) groups is 1. The molecular weight excluding hydrogens is 242 g/mol. The molecule has 19 heavy (non-hydrogen) atoms. The SMILES string of the molecule is CC(CNC(=O)c1ccc(CN)o1)N1CCCCC1. The van der Waals surface area contributed by atoms with Crippen LogP contribution < -0.4 is 11.1 Å². The molecule has 0 aliphatic carbocycles. The maximum atomic E-state index is 11.9. The second-order valence-electron chi connectivity index (χ2n) is 5.13. The van der Waals surface area contributed by atoms with E-state index in [-0.39, 0.29) is 5.91 Å². The van der Waals surface area contributed by atoms with Crippen molar-refractivity contribution in [2.24, 2.45) is 5.73 Å². The molecule has 5 heteroatoms. The first kappa shape index (κ1) is 14.1. The molecule has 0 bridgehead atoms. The Bertz CT molecular complexity index is 411. The van der Waals surface area contributed by atoms with Crippen molar-refractivity contribution in [2.45, 2.75) is 38.8 Å². The minimum Gasteiger partial charge on any atom is -0.455 e. The van der Waals surface area contributed by atoms with Crippen LogP contribution in [0.5, 0.6) is 0 Å². The summed E-state index contributed by atoms with van der Waals surface area (Å²) in [5, 5.41) is 2.92. The molecule has 1 saturated heterocycles. The maximum absolute atomic E-state index is 11.9. The number of piperidine rings is 1. The van der Waals surface area contributed by atoms with Crippen molar-refractivity contribution >= 4 is 5.91 Å². The first-order valence-corrected chi connectivity index (χ1v) is 7.01. The van der Waals surface area contributed by atoms with E-state index >= 15 is 0 Å². The van der Waals surface area contributed by atoms with Gasteiger partial charge in [0.05, 0.1) is 6.54 Å². The Morgan fingerprint density at radius 3 is 2.79 bits per heavy atom. The molecule has 2 heterocycles. The topological polar surface area (TPSA) is 71.5 Å². The minimum atomic E-state index is -0.163. The Morgan fingerprint density at radius 2 is 2.16 bits per heavy atom. The molecule has 0 radical (unpaired) electrons. The summed E-state index contributed by atoms with van der Waals surface area (Å²) in [6.45, 7) is 5.39. The molecule has 1 fully saturated rings. The molecule has 1 aromatic rings. The van der Waals surface area contributed by atoms with Gasteiger partial charge in [-0.2, -0.15) is 0 Å². The van der Waals surface area contributed by atoms with Gasteiger partial charge in [0.2, 0.25) is 0 Å². The molecule has 0 saturated carbocycles.